The number of ether oxygens (including phenoxy) is 1. The number of halogens is 1. The Morgan fingerprint density at radius 2 is 1.96 bits per heavy atom. The average Bonchev–Trinajstić information content (AvgIpc) is 2.83. The van der Waals surface area contributed by atoms with E-state index in [9.17, 15) is 9.59 Å². The van der Waals surface area contributed by atoms with Crippen LogP contribution in [0.1, 0.15) is 12.5 Å². The molecule has 24 heavy (non-hydrogen) atoms. The van der Waals surface area contributed by atoms with Gasteiger partial charge in [-0.1, -0.05) is 35.9 Å². The number of amides is 3. The molecule has 5 nitrogen and oxygen atoms in total. The van der Waals surface area contributed by atoms with E-state index in [0.717, 1.165) is 10.5 Å². The van der Waals surface area contributed by atoms with Crippen molar-refractivity contribution in [3.05, 3.63) is 64.8 Å². The zero-order chi connectivity index (χ0) is 17.1. The van der Waals surface area contributed by atoms with Crippen LogP contribution in [0.4, 0.5) is 10.5 Å². The predicted molar refractivity (Wildman–Crippen MR) is 93.1 cm³/mol. The van der Waals surface area contributed by atoms with E-state index in [0.29, 0.717) is 23.1 Å². The Kier molecular flexibility index (Phi) is 4.53. The number of anilines is 1. The maximum Gasteiger partial charge on any atom is 0.333 e. The van der Waals surface area contributed by atoms with Gasteiger partial charge in [-0.25, -0.2) is 9.69 Å². The van der Waals surface area contributed by atoms with Crippen LogP contribution in [0.3, 0.4) is 0 Å². The van der Waals surface area contributed by atoms with Crippen LogP contribution in [0.2, 0.25) is 5.02 Å². The van der Waals surface area contributed by atoms with Crippen molar-refractivity contribution in [1.82, 2.24) is 5.32 Å². The summed E-state index contributed by atoms with van der Waals surface area (Å²) in [6.07, 6.45) is 1.61. The van der Waals surface area contributed by atoms with Crippen LogP contribution in [-0.4, -0.2) is 18.5 Å². The third kappa shape index (κ3) is 3.12. The smallest absolute Gasteiger partial charge is 0.333 e. The first kappa shape index (κ1) is 16.1. The molecule has 1 aliphatic heterocycles. The van der Waals surface area contributed by atoms with Gasteiger partial charge in [-0.2, -0.15) is 0 Å². The van der Waals surface area contributed by atoms with Crippen molar-refractivity contribution in [1.29, 1.82) is 0 Å². The number of hydrogen-bond acceptors (Lipinski definition) is 3. The second-order valence-electron chi connectivity index (χ2n) is 5.08. The fraction of sp³-hybridized carbons (Fsp3) is 0.111. The highest BCUT2D eigenvalue weighted by Gasteiger charge is 2.35. The van der Waals surface area contributed by atoms with E-state index < -0.39 is 11.9 Å². The first-order valence-corrected chi connectivity index (χ1v) is 7.82. The topological polar surface area (TPSA) is 58.6 Å². The minimum absolute atomic E-state index is 0.187. The summed E-state index contributed by atoms with van der Waals surface area (Å²) in [5, 5.41) is 3.04. The van der Waals surface area contributed by atoms with E-state index in [1.807, 2.05) is 31.2 Å². The van der Waals surface area contributed by atoms with Crippen molar-refractivity contribution in [2.45, 2.75) is 6.92 Å². The summed E-state index contributed by atoms with van der Waals surface area (Å²) in [6, 6.07) is 13.4. The fourth-order valence-electron chi connectivity index (χ4n) is 2.43. The number of hydrogen-bond donors (Lipinski definition) is 1. The standard InChI is InChI=1S/C18H15ClN2O3/c1-2-24-16-9-4-3-6-12(16)10-15-17(22)21(18(23)20-15)14-8-5-7-13(19)11-14/h3-11H,2H2,1H3,(H,20,23). The minimum atomic E-state index is -0.512. The first-order chi connectivity index (χ1) is 11.6. The molecule has 1 saturated heterocycles. The van der Waals surface area contributed by atoms with Gasteiger partial charge in [-0.05, 0) is 37.3 Å². The third-order valence-electron chi connectivity index (χ3n) is 3.46. The van der Waals surface area contributed by atoms with Crippen molar-refractivity contribution in [2.24, 2.45) is 0 Å². The summed E-state index contributed by atoms with van der Waals surface area (Å²) < 4.78 is 5.54. The lowest BCUT2D eigenvalue weighted by Crippen LogP contribution is -2.30. The Morgan fingerprint density at radius 3 is 2.71 bits per heavy atom. The Hall–Kier alpha value is -2.79. The van der Waals surface area contributed by atoms with Gasteiger partial charge in [0.2, 0.25) is 0 Å². The number of nitrogens with one attached hydrogen (secondary N) is 1. The first-order valence-electron chi connectivity index (χ1n) is 7.44. The van der Waals surface area contributed by atoms with E-state index in [1.165, 1.54) is 0 Å². The molecule has 1 heterocycles. The maximum absolute atomic E-state index is 12.6. The SMILES string of the molecule is CCOc1ccccc1C=C1NC(=O)N(c2cccc(Cl)c2)C1=O. The molecule has 1 N–H and O–H groups in total. The van der Waals surface area contributed by atoms with Crippen molar-refractivity contribution in [2.75, 3.05) is 11.5 Å². The second-order valence-corrected chi connectivity index (χ2v) is 5.52. The number of urea groups is 1. The van der Waals surface area contributed by atoms with E-state index in [4.69, 9.17) is 16.3 Å². The molecule has 2 aromatic carbocycles. The van der Waals surface area contributed by atoms with Crippen LogP contribution < -0.4 is 15.0 Å². The van der Waals surface area contributed by atoms with Gasteiger partial charge in [0.25, 0.3) is 5.91 Å². The van der Waals surface area contributed by atoms with Gasteiger partial charge >= 0.3 is 6.03 Å². The molecule has 2 aromatic rings. The summed E-state index contributed by atoms with van der Waals surface area (Å²) in [5.74, 6) is 0.212. The van der Waals surface area contributed by atoms with Crippen LogP contribution in [-0.2, 0) is 4.79 Å². The summed E-state index contributed by atoms with van der Waals surface area (Å²) >= 11 is 5.94. The van der Waals surface area contributed by atoms with Crippen LogP contribution >= 0.6 is 11.6 Å². The Balaban J connectivity index is 1.94. The van der Waals surface area contributed by atoms with Gasteiger partial charge in [-0.3, -0.25) is 4.79 Å². The van der Waals surface area contributed by atoms with E-state index >= 15 is 0 Å². The van der Waals surface area contributed by atoms with Crippen molar-refractivity contribution in [3.63, 3.8) is 0 Å². The third-order valence-corrected chi connectivity index (χ3v) is 3.70. The number of nitrogens with zero attached hydrogens (tertiary/aromatic N) is 1. The zero-order valence-corrected chi connectivity index (χ0v) is 13.7. The van der Waals surface area contributed by atoms with E-state index in [2.05, 4.69) is 5.32 Å². The van der Waals surface area contributed by atoms with Gasteiger partial charge in [0.05, 0.1) is 12.3 Å². The number of para-hydroxylation sites is 1. The molecule has 3 rings (SSSR count). The van der Waals surface area contributed by atoms with Gasteiger partial charge in [-0.15, -0.1) is 0 Å². The van der Waals surface area contributed by atoms with Gasteiger partial charge in [0.1, 0.15) is 11.4 Å². The summed E-state index contributed by atoms with van der Waals surface area (Å²) in [4.78, 5) is 25.8. The minimum Gasteiger partial charge on any atom is -0.493 e. The number of rotatable bonds is 4. The fourth-order valence-corrected chi connectivity index (χ4v) is 2.61. The molecular formula is C18H15ClN2O3. The van der Waals surface area contributed by atoms with Crippen LogP contribution in [0, 0.1) is 0 Å². The Morgan fingerprint density at radius 1 is 1.17 bits per heavy atom. The van der Waals surface area contributed by atoms with Crippen LogP contribution in [0.15, 0.2) is 54.2 Å². The molecule has 1 aliphatic rings. The number of benzene rings is 2. The second kappa shape index (κ2) is 6.76. The van der Waals surface area contributed by atoms with E-state index in [-0.39, 0.29) is 5.70 Å². The number of imide groups is 1. The van der Waals surface area contributed by atoms with Crippen LogP contribution in [0.25, 0.3) is 6.08 Å². The summed E-state index contributed by atoms with van der Waals surface area (Å²) in [7, 11) is 0. The number of carbonyl (C=O) groups is 2. The molecule has 3 amide bonds. The highest BCUT2D eigenvalue weighted by Crippen LogP contribution is 2.26. The molecule has 6 heteroatoms. The van der Waals surface area contributed by atoms with Gasteiger partial charge in [0, 0.05) is 10.6 Å². The quantitative estimate of drug-likeness (QED) is 0.678. The zero-order valence-electron chi connectivity index (χ0n) is 13.0. The van der Waals surface area contributed by atoms with E-state index in [1.54, 1.807) is 30.3 Å². The highest BCUT2D eigenvalue weighted by atomic mass is 35.5. The lowest BCUT2D eigenvalue weighted by atomic mass is 10.1. The van der Waals surface area contributed by atoms with Crippen molar-refractivity contribution in [3.8, 4) is 5.75 Å². The highest BCUT2D eigenvalue weighted by molar-refractivity contribution is 6.32. The molecule has 1 fully saturated rings. The molecular weight excluding hydrogens is 328 g/mol. The Bertz CT molecular complexity index is 833. The maximum atomic E-state index is 12.6. The van der Waals surface area contributed by atoms with Gasteiger partial charge < -0.3 is 10.1 Å². The lowest BCUT2D eigenvalue weighted by Gasteiger charge is -2.11. The average molecular weight is 343 g/mol. The molecule has 0 bridgehead atoms. The molecule has 0 spiro atoms. The summed E-state index contributed by atoms with van der Waals surface area (Å²) in [6.45, 7) is 2.39. The molecule has 0 aliphatic carbocycles. The molecule has 0 atom stereocenters. The lowest BCUT2D eigenvalue weighted by molar-refractivity contribution is -0.113. The molecule has 0 saturated carbocycles. The molecule has 0 radical (unpaired) electrons. The monoisotopic (exact) mass is 342 g/mol. The van der Waals surface area contributed by atoms with Gasteiger partial charge in [0.15, 0.2) is 0 Å². The Labute approximate surface area is 144 Å². The normalized spacial score (nSPS) is 15.8. The molecule has 0 unspecified atom stereocenters. The number of carbonyl (C=O) groups excluding carboxylic acids is 2. The molecule has 0 aromatic heterocycles. The largest absolute Gasteiger partial charge is 0.493 e. The predicted octanol–water partition coefficient (Wildman–Crippen LogP) is 3.84. The summed E-state index contributed by atoms with van der Waals surface area (Å²) in [5.41, 5.74) is 1.33. The van der Waals surface area contributed by atoms with Crippen molar-refractivity contribution >= 4 is 35.3 Å². The van der Waals surface area contributed by atoms with Crippen molar-refractivity contribution < 1.29 is 14.3 Å². The molecule has 122 valence electrons. The van der Waals surface area contributed by atoms with Crippen LogP contribution in [0.5, 0.6) is 5.75 Å².